The monoisotopic (exact) mass is 355 g/mol. The van der Waals surface area contributed by atoms with Crippen LogP contribution in [0.3, 0.4) is 0 Å². The van der Waals surface area contributed by atoms with Crippen molar-refractivity contribution in [2.45, 2.75) is 52.0 Å². The van der Waals surface area contributed by atoms with Gasteiger partial charge in [0, 0.05) is 43.6 Å². The molecule has 0 spiro atoms. The zero-order chi connectivity index (χ0) is 18.5. The van der Waals surface area contributed by atoms with Crippen molar-refractivity contribution in [2.75, 3.05) is 24.6 Å². The van der Waals surface area contributed by atoms with E-state index in [9.17, 15) is 4.79 Å². The number of anilines is 1. The van der Waals surface area contributed by atoms with Gasteiger partial charge in [-0.15, -0.1) is 0 Å². The molecule has 1 aromatic carbocycles. The van der Waals surface area contributed by atoms with Crippen LogP contribution in [0.5, 0.6) is 0 Å². The third-order valence-corrected chi connectivity index (χ3v) is 5.13. The van der Waals surface area contributed by atoms with Crippen molar-refractivity contribution in [3.05, 3.63) is 48.0 Å². The molecule has 0 bridgehead atoms. The number of carbonyl (C=O) groups is 1. The standard InChI is InChI=1S/C21H29N3O2/c1-4-26-21(25)8-11-24-14-18(7-10-23-12-9-22-15-23)19-13-17(16(2)3)5-6-20(19)24/h5-6,9,12-13,15-16,18H,4,7-8,10-11,14H2,1-3H3. The van der Waals surface area contributed by atoms with Crippen LogP contribution in [0.15, 0.2) is 36.9 Å². The number of rotatable bonds is 8. The van der Waals surface area contributed by atoms with Gasteiger partial charge in [0.2, 0.25) is 0 Å². The van der Waals surface area contributed by atoms with Gasteiger partial charge < -0.3 is 14.2 Å². The van der Waals surface area contributed by atoms with Gasteiger partial charge in [0.15, 0.2) is 0 Å². The Labute approximate surface area is 156 Å². The molecule has 1 unspecified atom stereocenters. The largest absolute Gasteiger partial charge is 0.466 e. The van der Waals surface area contributed by atoms with Gasteiger partial charge in [-0.25, -0.2) is 4.98 Å². The van der Waals surface area contributed by atoms with Crippen LogP contribution in [0.1, 0.15) is 56.6 Å². The number of hydrogen-bond donors (Lipinski definition) is 0. The van der Waals surface area contributed by atoms with Crippen LogP contribution in [0.25, 0.3) is 0 Å². The zero-order valence-electron chi connectivity index (χ0n) is 16.0. The third kappa shape index (κ3) is 4.26. The Kier molecular flexibility index (Phi) is 5.96. The van der Waals surface area contributed by atoms with Crippen LogP contribution < -0.4 is 4.90 Å². The highest BCUT2D eigenvalue weighted by molar-refractivity contribution is 5.71. The Hall–Kier alpha value is -2.30. The maximum Gasteiger partial charge on any atom is 0.307 e. The van der Waals surface area contributed by atoms with Gasteiger partial charge in [0.1, 0.15) is 0 Å². The minimum Gasteiger partial charge on any atom is -0.466 e. The molecule has 2 aromatic rings. The second-order valence-electron chi connectivity index (χ2n) is 7.26. The maximum absolute atomic E-state index is 11.8. The fourth-order valence-electron chi connectivity index (χ4n) is 3.65. The summed E-state index contributed by atoms with van der Waals surface area (Å²) in [6, 6.07) is 6.81. The van der Waals surface area contributed by atoms with Gasteiger partial charge in [0.05, 0.1) is 19.4 Å². The molecule has 0 saturated carbocycles. The second-order valence-corrected chi connectivity index (χ2v) is 7.26. The van der Waals surface area contributed by atoms with E-state index in [4.69, 9.17) is 4.74 Å². The van der Waals surface area contributed by atoms with E-state index in [1.165, 1.54) is 16.8 Å². The molecule has 0 saturated heterocycles. The van der Waals surface area contributed by atoms with E-state index in [0.29, 0.717) is 31.4 Å². The fraction of sp³-hybridized carbons (Fsp3) is 0.524. The lowest BCUT2D eigenvalue weighted by Gasteiger charge is -2.19. The molecule has 1 aromatic heterocycles. The average molecular weight is 355 g/mol. The van der Waals surface area contributed by atoms with Gasteiger partial charge in [-0.05, 0) is 36.5 Å². The van der Waals surface area contributed by atoms with E-state index in [-0.39, 0.29) is 5.97 Å². The van der Waals surface area contributed by atoms with Crippen LogP contribution in [0, 0.1) is 0 Å². The minimum atomic E-state index is -0.116. The van der Waals surface area contributed by atoms with Crippen molar-refractivity contribution < 1.29 is 9.53 Å². The molecule has 1 atom stereocenters. The van der Waals surface area contributed by atoms with E-state index in [1.807, 2.05) is 25.6 Å². The predicted octanol–water partition coefficient (Wildman–Crippen LogP) is 3.95. The van der Waals surface area contributed by atoms with Crippen molar-refractivity contribution in [3.8, 4) is 0 Å². The molecule has 26 heavy (non-hydrogen) atoms. The van der Waals surface area contributed by atoms with E-state index >= 15 is 0 Å². The summed E-state index contributed by atoms with van der Waals surface area (Å²) in [4.78, 5) is 18.2. The van der Waals surface area contributed by atoms with E-state index < -0.39 is 0 Å². The lowest BCUT2D eigenvalue weighted by molar-refractivity contribution is -0.142. The molecule has 0 aliphatic carbocycles. The highest BCUT2D eigenvalue weighted by Crippen LogP contribution is 2.40. The van der Waals surface area contributed by atoms with Gasteiger partial charge in [-0.3, -0.25) is 4.79 Å². The normalized spacial score (nSPS) is 16.2. The van der Waals surface area contributed by atoms with Crippen molar-refractivity contribution in [2.24, 2.45) is 0 Å². The number of esters is 1. The quantitative estimate of drug-likeness (QED) is 0.673. The molecule has 5 heteroatoms. The van der Waals surface area contributed by atoms with E-state index in [0.717, 1.165) is 19.5 Å². The van der Waals surface area contributed by atoms with Gasteiger partial charge >= 0.3 is 5.97 Å². The Balaban J connectivity index is 1.74. The summed E-state index contributed by atoms with van der Waals surface area (Å²) in [7, 11) is 0. The summed E-state index contributed by atoms with van der Waals surface area (Å²) in [6.45, 7) is 9.40. The molecule has 5 nitrogen and oxygen atoms in total. The number of fused-ring (bicyclic) bond motifs is 1. The first-order chi connectivity index (χ1) is 12.6. The van der Waals surface area contributed by atoms with Crippen LogP contribution in [-0.2, 0) is 16.1 Å². The molecule has 0 amide bonds. The van der Waals surface area contributed by atoms with Crippen molar-refractivity contribution in [1.29, 1.82) is 0 Å². The molecule has 0 fully saturated rings. The molecule has 0 radical (unpaired) electrons. The first-order valence-electron chi connectivity index (χ1n) is 9.58. The Morgan fingerprint density at radius 1 is 1.35 bits per heavy atom. The number of imidazole rings is 1. The zero-order valence-corrected chi connectivity index (χ0v) is 16.0. The van der Waals surface area contributed by atoms with Crippen molar-refractivity contribution in [3.63, 3.8) is 0 Å². The van der Waals surface area contributed by atoms with Crippen LogP contribution >= 0.6 is 0 Å². The lowest BCUT2D eigenvalue weighted by Crippen LogP contribution is -2.25. The Morgan fingerprint density at radius 3 is 2.88 bits per heavy atom. The molecule has 1 aliphatic rings. The number of carbonyl (C=O) groups excluding carboxylic acids is 1. The second kappa shape index (κ2) is 8.39. The number of aryl methyl sites for hydroxylation is 1. The van der Waals surface area contributed by atoms with Gasteiger partial charge in [-0.2, -0.15) is 0 Å². The average Bonchev–Trinajstić information content (AvgIpc) is 3.26. The lowest BCUT2D eigenvalue weighted by atomic mass is 9.93. The van der Waals surface area contributed by atoms with Crippen LogP contribution in [0.4, 0.5) is 5.69 Å². The molecular weight excluding hydrogens is 326 g/mol. The molecule has 3 rings (SSSR count). The molecule has 1 aliphatic heterocycles. The summed E-state index contributed by atoms with van der Waals surface area (Å²) < 4.78 is 7.22. The van der Waals surface area contributed by atoms with Crippen molar-refractivity contribution in [1.82, 2.24) is 9.55 Å². The smallest absolute Gasteiger partial charge is 0.307 e. The maximum atomic E-state index is 11.8. The molecule has 0 N–H and O–H groups in total. The molecular formula is C21H29N3O2. The molecule has 2 heterocycles. The Morgan fingerprint density at radius 2 is 2.19 bits per heavy atom. The van der Waals surface area contributed by atoms with Gasteiger partial charge in [0.25, 0.3) is 0 Å². The summed E-state index contributed by atoms with van der Waals surface area (Å²) in [5.41, 5.74) is 4.07. The Bertz CT molecular complexity index is 725. The topological polar surface area (TPSA) is 47.4 Å². The number of benzene rings is 1. The first-order valence-corrected chi connectivity index (χ1v) is 9.58. The summed E-state index contributed by atoms with van der Waals surface area (Å²) >= 11 is 0. The third-order valence-electron chi connectivity index (χ3n) is 5.13. The minimum absolute atomic E-state index is 0.116. The summed E-state index contributed by atoms with van der Waals surface area (Å²) in [5, 5.41) is 0. The highest BCUT2D eigenvalue weighted by atomic mass is 16.5. The molecule has 140 valence electrons. The SMILES string of the molecule is CCOC(=O)CCN1CC(CCn2ccnc2)c2cc(C(C)C)ccc21. The number of hydrogen-bond acceptors (Lipinski definition) is 4. The van der Waals surface area contributed by atoms with Crippen LogP contribution in [-0.4, -0.2) is 35.2 Å². The van der Waals surface area contributed by atoms with Crippen molar-refractivity contribution >= 4 is 11.7 Å². The number of aromatic nitrogens is 2. The van der Waals surface area contributed by atoms with E-state index in [2.05, 4.69) is 46.5 Å². The fourth-order valence-corrected chi connectivity index (χ4v) is 3.65. The number of nitrogens with zero attached hydrogens (tertiary/aromatic N) is 3. The van der Waals surface area contributed by atoms with Crippen LogP contribution in [0.2, 0.25) is 0 Å². The number of ether oxygens (including phenoxy) is 1. The summed E-state index contributed by atoms with van der Waals surface area (Å²) in [6.07, 6.45) is 7.22. The highest BCUT2D eigenvalue weighted by Gasteiger charge is 2.29. The van der Waals surface area contributed by atoms with Gasteiger partial charge in [-0.1, -0.05) is 26.0 Å². The summed E-state index contributed by atoms with van der Waals surface area (Å²) in [5.74, 6) is 0.881. The first kappa shape index (κ1) is 18.5. The van der Waals surface area contributed by atoms with E-state index in [1.54, 1.807) is 0 Å². The predicted molar refractivity (Wildman–Crippen MR) is 104 cm³/mol.